The fraction of sp³-hybridized carbons (Fsp3) is 0.0588. The first-order valence-corrected chi connectivity index (χ1v) is 6.65. The van der Waals surface area contributed by atoms with Crippen molar-refractivity contribution < 1.29 is 22.4 Å². The summed E-state index contributed by atoms with van der Waals surface area (Å²) in [5.74, 6) is -1.22. The number of carbonyl (C=O) groups is 1. The van der Waals surface area contributed by atoms with Crippen LogP contribution in [0.25, 0.3) is 6.08 Å². The number of halogens is 4. The quantitative estimate of drug-likeness (QED) is 0.514. The zero-order valence-corrected chi connectivity index (χ0v) is 12.1. The lowest BCUT2D eigenvalue weighted by Crippen LogP contribution is -2.13. The van der Waals surface area contributed by atoms with Crippen molar-refractivity contribution in [3.63, 3.8) is 0 Å². The molecule has 1 N–H and O–H groups in total. The predicted molar refractivity (Wildman–Crippen MR) is 80.1 cm³/mol. The summed E-state index contributed by atoms with van der Waals surface area (Å²) in [5.41, 5.74) is -0.559. The van der Waals surface area contributed by atoms with Gasteiger partial charge in [-0.05, 0) is 48.0 Å². The summed E-state index contributed by atoms with van der Waals surface area (Å²) in [5, 5.41) is 11.4. The van der Waals surface area contributed by atoms with E-state index in [1.807, 2.05) is 0 Å². The van der Waals surface area contributed by atoms with Crippen molar-refractivity contribution in [1.29, 1.82) is 5.26 Å². The van der Waals surface area contributed by atoms with Gasteiger partial charge >= 0.3 is 6.18 Å². The Labute approximate surface area is 134 Å². The van der Waals surface area contributed by atoms with Crippen LogP contribution in [0.1, 0.15) is 11.1 Å². The lowest BCUT2D eigenvalue weighted by molar-refractivity contribution is -0.137. The highest BCUT2D eigenvalue weighted by molar-refractivity contribution is 6.09. The fourth-order valence-corrected chi connectivity index (χ4v) is 1.82. The molecule has 0 heterocycles. The van der Waals surface area contributed by atoms with Gasteiger partial charge < -0.3 is 5.32 Å². The standard InChI is InChI=1S/C17H10F4N2O/c18-14-5-7-15(8-6-14)23-16(24)12(10-22)9-11-1-3-13(4-2-11)17(19,20)21/h1-9H,(H,23,24)/b12-9+. The van der Waals surface area contributed by atoms with Crippen LogP contribution in [0.5, 0.6) is 0 Å². The molecular weight excluding hydrogens is 324 g/mol. The van der Waals surface area contributed by atoms with E-state index in [1.54, 1.807) is 6.07 Å². The molecule has 122 valence electrons. The number of carbonyl (C=O) groups excluding carboxylic acids is 1. The summed E-state index contributed by atoms with van der Waals surface area (Å²) in [6.07, 6.45) is -3.29. The number of benzene rings is 2. The van der Waals surface area contributed by atoms with E-state index in [-0.39, 0.29) is 16.8 Å². The number of hydrogen-bond donors (Lipinski definition) is 1. The molecule has 0 spiro atoms. The van der Waals surface area contributed by atoms with Gasteiger partial charge in [0.25, 0.3) is 5.91 Å². The molecule has 0 radical (unpaired) electrons. The van der Waals surface area contributed by atoms with Gasteiger partial charge in [0.15, 0.2) is 0 Å². The number of rotatable bonds is 3. The Morgan fingerprint density at radius 3 is 2.12 bits per heavy atom. The summed E-state index contributed by atoms with van der Waals surface area (Å²) in [4.78, 5) is 12.0. The summed E-state index contributed by atoms with van der Waals surface area (Å²) < 4.78 is 50.3. The summed E-state index contributed by atoms with van der Waals surface area (Å²) in [7, 11) is 0. The van der Waals surface area contributed by atoms with Crippen molar-refractivity contribution in [2.24, 2.45) is 0 Å². The van der Waals surface area contributed by atoms with Gasteiger partial charge in [0.2, 0.25) is 0 Å². The first kappa shape index (κ1) is 17.2. The highest BCUT2D eigenvalue weighted by Crippen LogP contribution is 2.29. The Bertz CT molecular complexity index is 800. The zero-order chi connectivity index (χ0) is 17.7. The number of anilines is 1. The van der Waals surface area contributed by atoms with Gasteiger partial charge in [-0.15, -0.1) is 0 Å². The molecule has 0 aliphatic rings. The molecule has 0 bridgehead atoms. The largest absolute Gasteiger partial charge is 0.416 e. The molecule has 2 aromatic rings. The smallest absolute Gasteiger partial charge is 0.321 e. The van der Waals surface area contributed by atoms with Crippen molar-refractivity contribution in [1.82, 2.24) is 0 Å². The Morgan fingerprint density at radius 1 is 1.04 bits per heavy atom. The number of nitrogens with zero attached hydrogens (tertiary/aromatic N) is 1. The Hall–Kier alpha value is -3.14. The normalized spacial score (nSPS) is 11.7. The first-order valence-electron chi connectivity index (χ1n) is 6.65. The molecular formula is C17H10F4N2O. The molecule has 0 unspecified atom stereocenters. The second-order valence-electron chi connectivity index (χ2n) is 4.75. The molecule has 3 nitrogen and oxygen atoms in total. The molecule has 0 saturated carbocycles. The lowest BCUT2D eigenvalue weighted by atomic mass is 10.1. The van der Waals surface area contributed by atoms with Gasteiger partial charge in [-0.1, -0.05) is 12.1 Å². The predicted octanol–water partition coefficient (Wildman–Crippen LogP) is 4.39. The maximum Gasteiger partial charge on any atom is 0.416 e. The van der Waals surface area contributed by atoms with E-state index in [0.717, 1.165) is 36.4 Å². The lowest BCUT2D eigenvalue weighted by Gasteiger charge is -2.07. The van der Waals surface area contributed by atoms with E-state index < -0.39 is 23.5 Å². The second-order valence-corrected chi connectivity index (χ2v) is 4.75. The molecule has 0 aliphatic carbocycles. The number of nitrogens with one attached hydrogen (secondary N) is 1. The third-order valence-corrected chi connectivity index (χ3v) is 3.02. The van der Waals surface area contributed by atoms with Gasteiger partial charge in [-0.2, -0.15) is 18.4 Å². The average Bonchev–Trinajstić information content (AvgIpc) is 2.54. The monoisotopic (exact) mass is 334 g/mol. The summed E-state index contributed by atoms with van der Waals surface area (Å²) >= 11 is 0. The van der Waals surface area contributed by atoms with E-state index >= 15 is 0 Å². The van der Waals surface area contributed by atoms with Crippen molar-refractivity contribution in [3.8, 4) is 6.07 Å². The minimum atomic E-state index is -4.46. The summed E-state index contributed by atoms with van der Waals surface area (Å²) in [6.45, 7) is 0. The molecule has 1 amide bonds. The van der Waals surface area contributed by atoms with E-state index in [9.17, 15) is 22.4 Å². The van der Waals surface area contributed by atoms with Gasteiger partial charge in [0, 0.05) is 5.69 Å². The maximum atomic E-state index is 12.8. The second kappa shape index (κ2) is 6.96. The van der Waals surface area contributed by atoms with Crippen LogP contribution in [-0.2, 0) is 11.0 Å². The van der Waals surface area contributed by atoms with Crippen LogP contribution in [0, 0.1) is 17.1 Å². The van der Waals surface area contributed by atoms with Gasteiger partial charge in [-0.3, -0.25) is 4.79 Å². The molecule has 0 fully saturated rings. The van der Waals surface area contributed by atoms with Crippen molar-refractivity contribution in [2.75, 3.05) is 5.32 Å². The highest BCUT2D eigenvalue weighted by Gasteiger charge is 2.29. The molecule has 2 rings (SSSR count). The van der Waals surface area contributed by atoms with Gasteiger partial charge in [0.1, 0.15) is 17.5 Å². The topological polar surface area (TPSA) is 52.9 Å². The molecule has 0 aromatic heterocycles. The number of hydrogen-bond acceptors (Lipinski definition) is 2. The third kappa shape index (κ3) is 4.43. The van der Waals surface area contributed by atoms with Crippen molar-refractivity contribution in [2.45, 2.75) is 6.18 Å². The molecule has 7 heteroatoms. The third-order valence-electron chi connectivity index (χ3n) is 3.02. The van der Waals surface area contributed by atoms with Crippen LogP contribution in [0.4, 0.5) is 23.2 Å². The molecule has 24 heavy (non-hydrogen) atoms. The SMILES string of the molecule is N#C/C(=C\c1ccc(C(F)(F)F)cc1)C(=O)Nc1ccc(F)cc1. The highest BCUT2D eigenvalue weighted by atomic mass is 19.4. The van der Waals surface area contributed by atoms with Crippen LogP contribution in [0.15, 0.2) is 54.1 Å². The Morgan fingerprint density at radius 2 is 1.62 bits per heavy atom. The van der Waals surface area contributed by atoms with Crippen LogP contribution in [0.3, 0.4) is 0 Å². The summed E-state index contributed by atoms with van der Waals surface area (Å²) in [6, 6.07) is 10.6. The first-order chi connectivity index (χ1) is 11.3. The fourth-order valence-electron chi connectivity index (χ4n) is 1.82. The van der Waals surface area contributed by atoms with Crippen LogP contribution in [-0.4, -0.2) is 5.91 Å². The van der Waals surface area contributed by atoms with E-state index in [2.05, 4.69) is 5.32 Å². The molecule has 0 aliphatic heterocycles. The Balaban J connectivity index is 2.18. The minimum Gasteiger partial charge on any atom is -0.321 e. The van der Waals surface area contributed by atoms with Gasteiger partial charge in [-0.25, -0.2) is 4.39 Å². The molecule has 2 aromatic carbocycles. The van der Waals surface area contributed by atoms with Crippen molar-refractivity contribution in [3.05, 3.63) is 71.0 Å². The number of amides is 1. The van der Waals surface area contributed by atoms with E-state index in [0.29, 0.717) is 0 Å². The Kier molecular flexibility index (Phi) is 4.99. The van der Waals surface area contributed by atoms with Gasteiger partial charge in [0.05, 0.1) is 5.56 Å². The van der Waals surface area contributed by atoms with E-state index in [1.165, 1.54) is 18.2 Å². The van der Waals surface area contributed by atoms with Crippen LogP contribution in [0.2, 0.25) is 0 Å². The minimum absolute atomic E-state index is 0.272. The number of alkyl halides is 3. The van der Waals surface area contributed by atoms with Crippen LogP contribution < -0.4 is 5.32 Å². The number of nitriles is 1. The zero-order valence-electron chi connectivity index (χ0n) is 12.1. The average molecular weight is 334 g/mol. The van der Waals surface area contributed by atoms with Crippen LogP contribution >= 0.6 is 0 Å². The maximum absolute atomic E-state index is 12.8. The van der Waals surface area contributed by atoms with Crippen molar-refractivity contribution >= 4 is 17.7 Å². The molecule has 0 atom stereocenters. The van der Waals surface area contributed by atoms with E-state index in [4.69, 9.17) is 5.26 Å². The molecule has 0 saturated heterocycles.